The van der Waals surface area contributed by atoms with Crippen LogP contribution in [0.1, 0.15) is 27.2 Å². The zero-order valence-electron chi connectivity index (χ0n) is 10.7. The maximum absolute atomic E-state index is 11.8. The molecule has 4 nitrogen and oxygen atoms in total. The Bertz CT molecular complexity index is 185. The number of hydrogen-bond acceptors (Lipinski definition) is 3. The van der Waals surface area contributed by atoms with Crippen molar-refractivity contribution < 1.29 is 9.53 Å². The molecule has 0 saturated heterocycles. The minimum atomic E-state index is -0.154. The molecule has 0 aromatic carbocycles. The third kappa shape index (κ3) is 7.04. The van der Waals surface area contributed by atoms with Crippen LogP contribution in [0.3, 0.4) is 0 Å². The van der Waals surface area contributed by atoms with Gasteiger partial charge in [0.05, 0.1) is 12.5 Å². The lowest BCUT2D eigenvalue weighted by atomic mass is 10.1. The van der Waals surface area contributed by atoms with Crippen molar-refractivity contribution in [3.8, 4) is 0 Å². The van der Waals surface area contributed by atoms with E-state index in [1.165, 1.54) is 0 Å². The van der Waals surface area contributed by atoms with Crippen LogP contribution in [0.2, 0.25) is 0 Å². The maximum atomic E-state index is 11.8. The third-order valence-corrected chi connectivity index (χ3v) is 2.32. The predicted octanol–water partition coefficient (Wildman–Crippen LogP) is 1.28. The van der Waals surface area contributed by atoms with Crippen LogP contribution in [0, 0.1) is 5.92 Å². The van der Waals surface area contributed by atoms with Crippen LogP contribution in [0.4, 0.5) is 0 Å². The summed E-state index contributed by atoms with van der Waals surface area (Å²) >= 11 is 0. The molecule has 98 valence electrons. The Kier molecular flexibility index (Phi) is 11.1. The second-order valence-electron chi connectivity index (χ2n) is 4.12. The molecular weight excluding hydrogens is 228 g/mol. The number of carbonyl (C=O) groups excluding carboxylic acids is 1. The van der Waals surface area contributed by atoms with E-state index in [2.05, 4.69) is 13.8 Å². The number of methoxy groups -OCH3 is 1. The summed E-state index contributed by atoms with van der Waals surface area (Å²) < 4.78 is 5.10. The third-order valence-electron chi connectivity index (χ3n) is 2.32. The molecule has 0 rings (SSSR count). The summed E-state index contributed by atoms with van der Waals surface area (Å²) in [5.41, 5.74) is 5.48. The summed E-state index contributed by atoms with van der Waals surface area (Å²) in [4.78, 5) is 13.7. The lowest BCUT2D eigenvalue weighted by Crippen LogP contribution is -2.37. The van der Waals surface area contributed by atoms with Crippen molar-refractivity contribution in [1.29, 1.82) is 0 Å². The maximum Gasteiger partial charge on any atom is 0.225 e. The molecule has 0 bridgehead atoms. The van der Waals surface area contributed by atoms with E-state index in [4.69, 9.17) is 10.5 Å². The number of hydrogen-bond donors (Lipinski definition) is 1. The lowest BCUT2D eigenvalue weighted by Gasteiger charge is -2.24. The Labute approximate surface area is 105 Å². The van der Waals surface area contributed by atoms with E-state index in [0.29, 0.717) is 18.9 Å². The van der Waals surface area contributed by atoms with Gasteiger partial charge in [0.1, 0.15) is 0 Å². The molecule has 0 fully saturated rings. The van der Waals surface area contributed by atoms with Crippen molar-refractivity contribution in [3.05, 3.63) is 0 Å². The van der Waals surface area contributed by atoms with Gasteiger partial charge in [-0.15, -0.1) is 12.4 Å². The fraction of sp³-hybridized carbons (Fsp3) is 0.909. The van der Waals surface area contributed by atoms with Crippen LogP contribution in [0.15, 0.2) is 0 Å². The fourth-order valence-electron chi connectivity index (χ4n) is 1.43. The molecule has 0 spiro atoms. The molecule has 0 aromatic heterocycles. The van der Waals surface area contributed by atoms with Crippen LogP contribution in [0.5, 0.6) is 0 Å². The molecule has 0 radical (unpaired) electrons. The highest BCUT2D eigenvalue weighted by atomic mass is 35.5. The topological polar surface area (TPSA) is 55.6 Å². The number of amides is 1. The van der Waals surface area contributed by atoms with Gasteiger partial charge in [-0.2, -0.15) is 0 Å². The molecule has 0 aliphatic carbocycles. The van der Waals surface area contributed by atoms with Crippen LogP contribution in [-0.2, 0) is 9.53 Å². The summed E-state index contributed by atoms with van der Waals surface area (Å²) in [6.07, 6.45) is 0.229. The van der Waals surface area contributed by atoms with Gasteiger partial charge in [-0.3, -0.25) is 4.79 Å². The zero-order valence-corrected chi connectivity index (χ0v) is 11.5. The second-order valence-corrected chi connectivity index (χ2v) is 4.12. The van der Waals surface area contributed by atoms with Crippen molar-refractivity contribution in [1.82, 2.24) is 4.90 Å². The van der Waals surface area contributed by atoms with E-state index in [0.717, 1.165) is 13.1 Å². The average Bonchev–Trinajstić information content (AvgIpc) is 2.21. The van der Waals surface area contributed by atoms with E-state index in [1.54, 1.807) is 7.11 Å². The molecule has 0 heterocycles. The quantitative estimate of drug-likeness (QED) is 0.743. The van der Waals surface area contributed by atoms with Gasteiger partial charge in [0.2, 0.25) is 5.91 Å². The van der Waals surface area contributed by atoms with Gasteiger partial charge in [0.25, 0.3) is 0 Å². The molecule has 1 atom stereocenters. The highest BCUT2D eigenvalue weighted by Crippen LogP contribution is 2.04. The zero-order chi connectivity index (χ0) is 11.8. The summed E-state index contributed by atoms with van der Waals surface area (Å²) in [6, 6.07) is 0. The van der Waals surface area contributed by atoms with Crippen molar-refractivity contribution in [2.45, 2.75) is 33.3 Å². The first kappa shape index (κ1) is 18.1. The monoisotopic (exact) mass is 252 g/mol. The van der Waals surface area contributed by atoms with E-state index in [1.807, 2.05) is 11.8 Å². The number of halogens is 1. The van der Waals surface area contributed by atoms with Crippen LogP contribution < -0.4 is 5.73 Å². The van der Waals surface area contributed by atoms with Gasteiger partial charge in [0, 0.05) is 26.7 Å². The molecular formula is C11H25ClN2O2. The second kappa shape index (κ2) is 9.87. The predicted molar refractivity (Wildman–Crippen MR) is 68.8 cm³/mol. The smallest absolute Gasteiger partial charge is 0.225 e. The molecule has 0 aliphatic rings. The molecule has 0 saturated carbocycles. The number of nitrogens with two attached hydrogens (primary N) is 1. The van der Waals surface area contributed by atoms with E-state index in [9.17, 15) is 4.79 Å². The Morgan fingerprint density at radius 1 is 1.44 bits per heavy atom. The minimum Gasteiger partial charge on any atom is -0.380 e. The normalized spacial score (nSPS) is 12.1. The van der Waals surface area contributed by atoms with Crippen molar-refractivity contribution >= 4 is 18.3 Å². The van der Waals surface area contributed by atoms with Gasteiger partial charge >= 0.3 is 0 Å². The van der Waals surface area contributed by atoms with Crippen molar-refractivity contribution in [2.75, 3.05) is 26.7 Å². The molecule has 1 unspecified atom stereocenters. The molecule has 5 heteroatoms. The first-order valence-corrected chi connectivity index (χ1v) is 5.55. The summed E-state index contributed by atoms with van der Waals surface area (Å²) in [6.45, 7) is 8.14. The van der Waals surface area contributed by atoms with Crippen molar-refractivity contribution in [3.63, 3.8) is 0 Å². The largest absolute Gasteiger partial charge is 0.380 e. The molecule has 1 amide bonds. The molecule has 0 aliphatic heterocycles. The highest BCUT2D eigenvalue weighted by molar-refractivity contribution is 5.85. The average molecular weight is 253 g/mol. The van der Waals surface area contributed by atoms with E-state index in [-0.39, 0.29) is 24.4 Å². The molecule has 16 heavy (non-hydrogen) atoms. The van der Waals surface area contributed by atoms with Gasteiger partial charge in [0.15, 0.2) is 0 Å². The Hall–Kier alpha value is -0.320. The van der Waals surface area contributed by atoms with E-state index < -0.39 is 0 Å². The van der Waals surface area contributed by atoms with Crippen LogP contribution in [-0.4, -0.2) is 43.7 Å². The first-order valence-electron chi connectivity index (χ1n) is 5.55. The number of carbonyl (C=O) groups is 1. The number of rotatable bonds is 7. The molecule has 0 aromatic rings. The summed E-state index contributed by atoms with van der Waals surface area (Å²) in [5, 5.41) is 0. The van der Waals surface area contributed by atoms with Gasteiger partial charge in [-0.05, 0) is 12.8 Å². The van der Waals surface area contributed by atoms with Crippen molar-refractivity contribution in [2.24, 2.45) is 11.7 Å². The molecule has 2 N–H and O–H groups in total. The minimum absolute atomic E-state index is 0. The van der Waals surface area contributed by atoms with Crippen LogP contribution in [0.25, 0.3) is 0 Å². The highest BCUT2D eigenvalue weighted by Gasteiger charge is 2.17. The van der Waals surface area contributed by atoms with Crippen LogP contribution >= 0.6 is 12.4 Å². The van der Waals surface area contributed by atoms with E-state index >= 15 is 0 Å². The lowest BCUT2D eigenvalue weighted by molar-refractivity contribution is -0.133. The number of nitrogens with zero attached hydrogens (tertiary/aromatic N) is 1. The SMILES string of the molecule is CCN(CC(C)C)C(=O)CC(CN)OC.Cl. The van der Waals surface area contributed by atoms with Gasteiger partial charge in [-0.25, -0.2) is 0 Å². The Morgan fingerprint density at radius 3 is 2.31 bits per heavy atom. The Balaban J connectivity index is 0. The van der Waals surface area contributed by atoms with Gasteiger partial charge in [-0.1, -0.05) is 13.8 Å². The van der Waals surface area contributed by atoms with Gasteiger partial charge < -0.3 is 15.4 Å². The standard InChI is InChI=1S/C11H24N2O2.ClH/c1-5-13(8-9(2)3)11(14)6-10(7-12)15-4;/h9-10H,5-8,12H2,1-4H3;1H. The first-order chi connectivity index (χ1) is 7.04. The summed E-state index contributed by atoms with van der Waals surface area (Å²) in [7, 11) is 1.59. The fourth-order valence-corrected chi connectivity index (χ4v) is 1.43. The number of ether oxygens (including phenoxy) is 1. The summed E-state index contributed by atoms with van der Waals surface area (Å²) in [5.74, 6) is 0.622. The Morgan fingerprint density at radius 2 is 2.00 bits per heavy atom.